The van der Waals surface area contributed by atoms with Gasteiger partial charge >= 0.3 is 5.97 Å². The Morgan fingerprint density at radius 1 is 1.79 bits per heavy atom. The molecule has 0 saturated heterocycles. The summed E-state index contributed by atoms with van der Waals surface area (Å²) >= 11 is 1.40. The molecule has 0 aliphatic carbocycles. The summed E-state index contributed by atoms with van der Waals surface area (Å²) in [4.78, 5) is 19.1. The Morgan fingerprint density at radius 2 is 2.57 bits per heavy atom. The van der Waals surface area contributed by atoms with Crippen LogP contribution in [0.25, 0.3) is 0 Å². The molecule has 0 fully saturated rings. The number of thiazole rings is 1. The average molecular weight is 215 g/mol. The minimum atomic E-state index is -0.823. The molecule has 8 heteroatoms. The van der Waals surface area contributed by atoms with Crippen LogP contribution in [0.1, 0.15) is 5.01 Å². The first kappa shape index (κ1) is 10.5. The number of carbonyl (C=O) groups is 1. The maximum Gasteiger partial charge on any atom is 0.351 e. The predicted octanol–water partition coefficient (Wildman–Crippen LogP) is -0.203. The third-order valence-corrected chi connectivity index (χ3v) is 2.25. The van der Waals surface area contributed by atoms with Gasteiger partial charge in [-0.3, -0.25) is 0 Å². The lowest BCUT2D eigenvalue weighted by Crippen LogP contribution is -2.26. The van der Waals surface area contributed by atoms with Crippen molar-refractivity contribution in [3.63, 3.8) is 0 Å². The van der Waals surface area contributed by atoms with E-state index in [4.69, 9.17) is 11.7 Å². The lowest BCUT2D eigenvalue weighted by molar-refractivity contribution is -0.145. The van der Waals surface area contributed by atoms with Crippen LogP contribution in [0.2, 0.25) is 0 Å². The summed E-state index contributed by atoms with van der Waals surface area (Å²) in [7, 11) is 0. The van der Waals surface area contributed by atoms with Gasteiger partial charge in [-0.2, -0.15) is 11.0 Å². The molecular formula is C6H9N5O2S. The van der Waals surface area contributed by atoms with E-state index in [1.54, 1.807) is 11.6 Å². The van der Waals surface area contributed by atoms with E-state index in [0.717, 1.165) is 5.01 Å². The van der Waals surface area contributed by atoms with Crippen molar-refractivity contribution < 1.29 is 9.63 Å². The Hall–Kier alpha value is -1.54. The summed E-state index contributed by atoms with van der Waals surface area (Å²) in [5, 5.41) is 9.05. The molecular weight excluding hydrogens is 206 g/mol. The summed E-state index contributed by atoms with van der Waals surface area (Å²) in [5.74, 6) is 8.88. The molecule has 0 radical (unpaired) electrons. The molecule has 1 rings (SSSR count). The fourth-order valence-electron chi connectivity index (χ4n) is 0.849. The minimum absolute atomic E-state index is 0.286. The standard InChI is InChI=1S/C6H9N5O2S/c7-11-10-4(6(12)13-8)3-5-9-1-2-14-5/h1-2,4H,3,8H2,(H2,7,10)/t4-/m0/s1. The zero-order valence-corrected chi connectivity index (χ0v) is 7.98. The van der Waals surface area contributed by atoms with E-state index in [-0.39, 0.29) is 6.42 Å². The molecule has 1 atom stereocenters. The van der Waals surface area contributed by atoms with E-state index in [1.165, 1.54) is 11.3 Å². The van der Waals surface area contributed by atoms with Gasteiger partial charge in [0.1, 0.15) is 0 Å². The summed E-state index contributed by atoms with van der Waals surface area (Å²) in [6, 6.07) is -0.823. The zero-order valence-electron chi connectivity index (χ0n) is 7.16. The molecule has 1 heterocycles. The minimum Gasteiger partial charge on any atom is -0.372 e. The second-order valence-electron chi connectivity index (χ2n) is 2.31. The molecule has 0 saturated carbocycles. The normalized spacial score (nSPS) is 12.9. The summed E-state index contributed by atoms with van der Waals surface area (Å²) in [6.07, 6.45) is 1.92. The summed E-state index contributed by atoms with van der Waals surface area (Å²) in [6.45, 7) is 0. The first-order chi connectivity index (χ1) is 6.77. The quantitative estimate of drug-likeness (QED) is 0.409. The van der Waals surface area contributed by atoms with Gasteiger partial charge in [0.05, 0.1) is 5.01 Å². The van der Waals surface area contributed by atoms with Crippen LogP contribution in [0.3, 0.4) is 0 Å². The highest BCUT2D eigenvalue weighted by Gasteiger charge is 2.20. The molecule has 0 spiro atoms. The summed E-state index contributed by atoms with van der Waals surface area (Å²) < 4.78 is 0. The van der Waals surface area contributed by atoms with Crippen molar-refractivity contribution in [3.05, 3.63) is 16.6 Å². The molecule has 0 bridgehead atoms. The number of rotatable bonds is 4. The van der Waals surface area contributed by atoms with E-state index in [0.29, 0.717) is 0 Å². The highest BCUT2D eigenvalue weighted by atomic mass is 32.1. The monoisotopic (exact) mass is 215 g/mol. The number of carbonyl (C=O) groups excluding carboxylic acids is 1. The topological polar surface area (TPSA) is 116 Å². The molecule has 4 N–H and O–H groups in total. The van der Waals surface area contributed by atoms with Gasteiger partial charge in [-0.1, -0.05) is 5.22 Å². The van der Waals surface area contributed by atoms with Crippen LogP contribution in [-0.2, 0) is 16.1 Å². The number of nitrogens with two attached hydrogens (primary N) is 2. The van der Waals surface area contributed by atoms with Crippen LogP contribution < -0.4 is 11.7 Å². The largest absolute Gasteiger partial charge is 0.372 e. The first-order valence-electron chi connectivity index (χ1n) is 3.67. The maximum atomic E-state index is 11.0. The van der Waals surface area contributed by atoms with E-state index in [1.807, 2.05) is 0 Å². The van der Waals surface area contributed by atoms with Crippen molar-refractivity contribution in [1.82, 2.24) is 4.98 Å². The third kappa shape index (κ3) is 2.75. The molecule has 0 aromatic carbocycles. The fraction of sp³-hybridized carbons (Fsp3) is 0.333. The number of hydrogen-bond acceptors (Lipinski definition) is 7. The van der Waals surface area contributed by atoms with Gasteiger partial charge in [-0.05, 0) is 0 Å². The van der Waals surface area contributed by atoms with Crippen molar-refractivity contribution in [1.29, 1.82) is 0 Å². The van der Waals surface area contributed by atoms with Crippen molar-refractivity contribution in [3.8, 4) is 0 Å². The van der Waals surface area contributed by atoms with Gasteiger partial charge in [0.2, 0.25) is 0 Å². The van der Waals surface area contributed by atoms with E-state index in [2.05, 4.69) is 20.2 Å². The molecule has 0 aliphatic rings. The molecule has 76 valence electrons. The van der Waals surface area contributed by atoms with Crippen LogP contribution in [0.5, 0.6) is 0 Å². The van der Waals surface area contributed by atoms with Crippen LogP contribution >= 0.6 is 11.3 Å². The van der Waals surface area contributed by atoms with Crippen LogP contribution in [-0.4, -0.2) is 17.0 Å². The Kier molecular flexibility index (Phi) is 3.95. The van der Waals surface area contributed by atoms with E-state index >= 15 is 0 Å². The highest BCUT2D eigenvalue weighted by molar-refractivity contribution is 7.09. The number of hydrogen-bond donors (Lipinski definition) is 2. The Balaban J connectivity index is 2.65. The molecule has 0 unspecified atom stereocenters. The molecule has 1 aromatic rings. The molecule has 7 nitrogen and oxygen atoms in total. The second-order valence-corrected chi connectivity index (χ2v) is 3.29. The fourth-order valence-corrected chi connectivity index (χ4v) is 1.50. The van der Waals surface area contributed by atoms with Gasteiger partial charge < -0.3 is 10.7 Å². The van der Waals surface area contributed by atoms with Gasteiger partial charge in [-0.15, -0.1) is 11.3 Å². The van der Waals surface area contributed by atoms with Gasteiger partial charge in [0, 0.05) is 18.0 Å². The van der Waals surface area contributed by atoms with Crippen LogP contribution in [0.15, 0.2) is 21.9 Å². The van der Waals surface area contributed by atoms with Gasteiger partial charge in [-0.25, -0.2) is 9.78 Å². The third-order valence-electron chi connectivity index (χ3n) is 1.45. The smallest absolute Gasteiger partial charge is 0.351 e. The van der Waals surface area contributed by atoms with Crippen molar-refractivity contribution in [2.45, 2.75) is 12.5 Å². The van der Waals surface area contributed by atoms with Crippen molar-refractivity contribution in [2.75, 3.05) is 0 Å². The molecule has 0 aliphatic heterocycles. The number of aromatic nitrogens is 1. The predicted molar refractivity (Wildman–Crippen MR) is 48.9 cm³/mol. The zero-order chi connectivity index (χ0) is 10.4. The lowest BCUT2D eigenvalue weighted by atomic mass is 10.2. The SMILES string of the molecule is NN=N[C@@H](Cc1nccs1)C(=O)ON. The van der Waals surface area contributed by atoms with E-state index < -0.39 is 12.0 Å². The van der Waals surface area contributed by atoms with Crippen LogP contribution in [0, 0.1) is 0 Å². The van der Waals surface area contributed by atoms with Gasteiger partial charge in [0.15, 0.2) is 6.04 Å². The van der Waals surface area contributed by atoms with Crippen molar-refractivity contribution >= 4 is 17.3 Å². The average Bonchev–Trinajstić information content (AvgIpc) is 2.68. The van der Waals surface area contributed by atoms with Gasteiger partial charge in [0.25, 0.3) is 0 Å². The highest BCUT2D eigenvalue weighted by Crippen LogP contribution is 2.10. The van der Waals surface area contributed by atoms with Crippen molar-refractivity contribution in [2.24, 2.45) is 22.1 Å². The molecule has 14 heavy (non-hydrogen) atoms. The molecule has 0 amide bonds. The Bertz CT molecular complexity index is 312. The van der Waals surface area contributed by atoms with E-state index in [9.17, 15) is 4.79 Å². The lowest BCUT2D eigenvalue weighted by Gasteiger charge is -2.04. The Morgan fingerprint density at radius 3 is 3.07 bits per heavy atom. The van der Waals surface area contributed by atoms with Crippen LogP contribution in [0.4, 0.5) is 0 Å². The summed E-state index contributed by atoms with van der Waals surface area (Å²) in [5.41, 5.74) is 0. The maximum absolute atomic E-state index is 11.0. The second kappa shape index (κ2) is 5.25. The first-order valence-corrected chi connectivity index (χ1v) is 4.55. The molecule has 1 aromatic heterocycles. The number of nitrogens with zero attached hydrogens (tertiary/aromatic N) is 3. The Labute approximate surface area is 83.7 Å².